The summed E-state index contributed by atoms with van der Waals surface area (Å²) >= 11 is -2.03. The van der Waals surface area contributed by atoms with Crippen molar-refractivity contribution >= 4 is 14.8 Å². The molecule has 0 atom stereocenters. The summed E-state index contributed by atoms with van der Waals surface area (Å²) in [4.78, 5) is 0. The molecule has 0 unspecified atom stereocenters. The fourth-order valence-electron chi connectivity index (χ4n) is 4.83. The van der Waals surface area contributed by atoms with E-state index in [1.807, 2.05) is 0 Å². The van der Waals surface area contributed by atoms with Crippen LogP contribution < -0.4 is 7.58 Å². The first-order chi connectivity index (χ1) is 16.2. The van der Waals surface area contributed by atoms with Gasteiger partial charge in [-0.3, -0.25) is 0 Å². The first kappa shape index (κ1) is 29.8. The first-order valence-electron chi connectivity index (χ1n) is 13.8. The zero-order valence-electron chi connectivity index (χ0n) is 24.7. The normalized spacial score (nSPS) is 12.1. The molecular weight excluding hydrogens is 443 g/mol. The average Bonchev–Trinajstić information content (AvgIpc) is 2.72. The number of aryl methyl sites for hydroxylation is 4. The van der Waals surface area contributed by atoms with Crippen LogP contribution >= 0.6 is 0 Å². The summed E-state index contributed by atoms with van der Waals surface area (Å²) in [6.45, 7) is 24.7. The molecule has 0 bridgehead atoms. The molecule has 0 aliphatic carbocycles. The summed E-state index contributed by atoms with van der Waals surface area (Å²) in [7, 11) is 0. The topological polar surface area (TPSA) is 18.5 Å². The molecule has 0 radical (unpaired) electrons. The summed E-state index contributed by atoms with van der Waals surface area (Å²) in [5.74, 6) is 2.10. The zero-order chi connectivity index (χ0) is 26.4. The van der Waals surface area contributed by atoms with Gasteiger partial charge in [-0.15, -0.1) is 0 Å². The Bertz CT molecular complexity index is 891. The van der Waals surface area contributed by atoms with E-state index in [2.05, 4.69) is 100 Å². The Hall–Kier alpha value is -1.43. The molecule has 2 rings (SSSR count). The van der Waals surface area contributed by atoms with Gasteiger partial charge in [0.15, 0.2) is 0 Å². The molecule has 0 fully saturated rings. The molecule has 0 N–H and O–H groups in total. The molecule has 2 aromatic carbocycles. The van der Waals surface area contributed by atoms with Crippen molar-refractivity contribution in [3.63, 3.8) is 0 Å². The highest BCUT2D eigenvalue weighted by Gasteiger charge is 2.36. The minimum Gasteiger partial charge on any atom is -0.611 e. The Labute approximate surface area is 221 Å². The lowest BCUT2D eigenvalue weighted by molar-refractivity contribution is 0.395. The molecule has 0 heterocycles. The number of hydrogen-bond acceptors (Lipinski definition) is 2. The van der Waals surface area contributed by atoms with Crippen molar-refractivity contribution in [3.05, 3.63) is 57.6 Å². The van der Waals surface area contributed by atoms with Crippen molar-refractivity contribution in [3.8, 4) is 11.5 Å². The van der Waals surface area contributed by atoms with Gasteiger partial charge in [-0.05, 0) is 66.1 Å². The van der Waals surface area contributed by atoms with Crippen molar-refractivity contribution in [2.24, 2.45) is 0 Å². The smallest absolute Gasteiger partial charge is 0.611 e. The maximum atomic E-state index is 6.96. The van der Waals surface area contributed by atoms with Crippen LogP contribution in [0.25, 0.3) is 0 Å². The van der Waals surface area contributed by atoms with Crippen molar-refractivity contribution in [1.29, 1.82) is 0 Å². The van der Waals surface area contributed by atoms with E-state index in [0.717, 1.165) is 16.8 Å². The van der Waals surface area contributed by atoms with Gasteiger partial charge in [0.1, 0.15) is 0 Å². The Morgan fingerprint density at radius 2 is 1.00 bits per heavy atom. The number of benzene rings is 2. The lowest BCUT2D eigenvalue weighted by Gasteiger charge is -2.30. The molecule has 2 nitrogen and oxygen atoms in total. The minimum absolute atomic E-state index is 0.0154. The molecule has 0 spiro atoms. The van der Waals surface area contributed by atoms with Crippen molar-refractivity contribution in [1.82, 2.24) is 0 Å². The van der Waals surface area contributed by atoms with Crippen LogP contribution in [0, 0.1) is 27.7 Å². The number of hydrogen-bond donors (Lipinski definition) is 0. The van der Waals surface area contributed by atoms with E-state index in [9.17, 15) is 0 Å². The molecule has 0 aliphatic heterocycles. The lowest BCUT2D eigenvalue weighted by atomic mass is 9.84. The number of rotatable bonds is 11. The van der Waals surface area contributed by atoms with Gasteiger partial charge in [0, 0.05) is 0 Å². The third-order valence-corrected chi connectivity index (χ3v) is 8.62. The maximum Gasteiger partial charge on any atom is 0.856 e. The molecule has 194 valence electrons. The molecule has 3 heteroatoms. The molecule has 0 aliphatic rings. The van der Waals surface area contributed by atoms with Gasteiger partial charge < -0.3 is 7.58 Å². The lowest BCUT2D eigenvalue weighted by Crippen LogP contribution is -2.33. The molecule has 0 amide bonds. The van der Waals surface area contributed by atoms with E-state index in [0.29, 0.717) is 0 Å². The van der Waals surface area contributed by atoms with Gasteiger partial charge >= 0.3 is 14.8 Å². The van der Waals surface area contributed by atoms with E-state index in [1.165, 1.54) is 71.9 Å². The van der Waals surface area contributed by atoms with Gasteiger partial charge in [0.05, 0.1) is 11.5 Å². The summed E-state index contributed by atoms with van der Waals surface area (Å²) in [6.07, 6.45) is 7.70. The van der Waals surface area contributed by atoms with Crippen LogP contribution in [0.15, 0.2) is 24.3 Å². The summed E-state index contributed by atoms with van der Waals surface area (Å²) in [5, 5.41) is 1.03. The Balaban J connectivity index is 2.42. The van der Waals surface area contributed by atoms with Crippen LogP contribution in [0.3, 0.4) is 0 Å². The number of unbranched alkanes of at least 4 members (excludes halogenated alkanes) is 5. The largest absolute Gasteiger partial charge is 0.856 e. The Morgan fingerprint density at radius 1 is 0.600 bits per heavy atom. The van der Waals surface area contributed by atoms with Gasteiger partial charge in [-0.2, -0.15) is 0 Å². The Kier molecular flexibility index (Phi) is 10.8. The van der Waals surface area contributed by atoms with E-state index in [4.69, 9.17) is 7.58 Å². The van der Waals surface area contributed by atoms with E-state index >= 15 is 0 Å². The van der Waals surface area contributed by atoms with E-state index in [-0.39, 0.29) is 10.8 Å². The second kappa shape index (κ2) is 12.7. The molecule has 0 saturated heterocycles. The van der Waals surface area contributed by atoms with Crippen LogP contribution in [0.2, 0.25) is 5.28 Å². The quantitative estimate of drug-likeness (QED) is 0.228. The van der Waals surface area contributed by atoms with Crippen molar-refractivity contribution < 1.29 is 7.58 Å². The van der Waals surface area contributed by atoms with Gasteiger partial charge in [-0.1, -0.05) is 122 Å². The fourth-order valence-corrected chi connectivity index (χ4v) is 6.89. The van der Waals surface area contributed by atoms with Gasteiger partial charge in [0.25, 0.3) is 0 Å². The predicted molar refractivity (Wildman–Crippen MR) is 154 cm³/mol. The van der Waals surface area contributed by atoms with E-state index in [1.54, 1.807) is 0 Å². The average molecular weight is 495 g/mol. The highest BCUT2D eigenvalue weighted by Crippen LogP contribution is 2.38. The monoisotopic (exact) mass is 494 g/mol. The summed E-state index contributed by atoms with van der Waals surface area (Å²) in [5.41, 5.74) is 7.62. The molecule has 2 aromatic rings. The van der Waals surface area contributed by atoms with Gasteiger partial charge in [-0.25, -0.2) is 0 Å². The van der Waals surface area contributed by atoms with Crippen molar-refractivity contribution in [2.45, 2.75) is 131 Å². The second-order valence-corrected chi connectivity index (χ2v) is 14.5. The SMILES string of the molecule is CCCCCCC[CH2][Al]([O]c1c(C)cc(C)cc1C(C)(C)C)[O]c1c(C)cc(C)cc1C(C)(C)C. The van der Waals surface area contributed by atoms with Gasteiger partial charge in [0.2, 0.25) is 0 Å². The van der Waals surface area contributed by atoms with Crippen LogP contribution in [0.4, 0.5) is 0 Å². The molecule has 0 aromatic heterocycles. The second-order valence-electron chi connectivity index (χ2n) is 12.6. The maximum absolute atomic E-state index is 6.96. The van der Waals surface area contributed by atoms with Crippen LogP contribution in [-0.4, -0.2) is 14.8 Å². The van der Waals surface area contributed by atoms with Crippen LogP contribution in [0.5, 0.6) is 11.5 Å². The standard InChI is InChI=1S/2C12H18O.C8H17.Al/c2*1-8-6-9(2)11(13)10(7-8)12(3,4)5;1-3-5-7-8-6-4-2;/h2*6-7,13H,1-5H3;1,3-8H2,2H3;/q;;;+2/p-2. The summed E-state index contributed by atoms with van der Waals surface area (Å²) in [6, 6.07) is 9.10. The fraction of sp³-hybridized carbons (Fsp3) is 0.625. The zero-order valence-corrected chi connectivity index (χ0v) is 25.8. The van der Waals surface area contributed by atoms with Crippen molar-refractivity contribution in [2.75, 3.05) is 0 Å². The highest BCUT2D eigenvalue weighted by atomic mass is 27.2. The third-order valence-electron chi connectivity index (χ3n) is 6.75. The summed E-state index contributed by atoms with van der Waals surface area (Å²) < 4.78 is 13.9. The van der Waals surface area contributed by atoms with Crippen LogP contribution in [-0.2, 0) is 10.8 Å². The van der Waals surface area contributed by atoms with Crippen LogP contribution in [0.1, 0.15) is 120 Å². The molecule has 35 heavy (non-hydrogen) atoms. The third kappa shape index (κ3) is 8.87. The molecule has 0 saturated carbocycles. The highest BCUT2D eigenvalue weighted by molar-refractivity contribution is 6.46. The van der Waals surface area contributed by atoms with E-state index < -0.39 is 14.8 Å². The first-order valence-corrected chi connectivity index (χ1v) is 15.6. The predicted octanol–water partition coefficient (Wildman–Crippen LogP) is 9.82. The minimum atomic E-state index is -2.03. The molecular formula is C32H51AlO2. The Morgan fingerprint density at radius 3 is 1.40 bits per heavy atom.